The molecular formula is C9H14. The fourth-order valence-electron chi connectivity index (χ4n) is 0. The van der Waals surface area contributed by atoms with Gasteiger partial charge < -0.3 is 0 Å². The summed E-state index contributed by atoms with van der Waals surface area (Å²) < 4.78 is 0. The lowest BCUT2D eigenvalue weighted by atomic mass is 10.4. The molecule has 0 aromatic rings. The van der Waals surface area contributed by atoms with Crippen LogP contribution in [0.2, 0.25) is 0 Å². The highest BCUT2D eigenvalue weighted by molar-refractivity contribution is 5.05. The Labute approximate surface area is 57.9 Å². The first-order valence-corrected chi connectivity index (χ1v) is 2.70. The monoisotopic (exact) mass is 122 g/mol. The van der Waals surface area contributed by atoms with E-state index in [4.69, 9.17) is 0 Å². The topological polar surface area (TPSA) is 0 Å². The zero-order chi connectivity index (χ0) is 7.70. The number of hydrogen-bond acceptors (Lipinski definition) is 0. The fraction of sp³-hybridized carbons (Fsp3) is 0.111. The average molecular weight is 122 g/mol. The lowest BCUT2D eigenvalue weighted by Gasteiger charge is -1.71. The van der Waals surface area contributed by atoms with Crippen molar-refractivity contribution in [2.45, 2.75) is 6.92 Å². The Kier molecular flexibility index (Phi) is 12.1. The Balaban J connectivity index is 0. The molecule has 9 heavy (non-hydrogen) atoms. The van der Waals surface area contributed by atoms with E-state index in [0.29, 0.717) is 0 Å². The van der Waals surface area contributed by atoms with E-state index in [1.165, 1.54) is 0 Å². The van der Waals surface area contributed by atoms with Gasteiger partial charge in [-0.05, 0) is 6.92 Å². The van der Waals surface area contributed by atoms with Crippen molar-refractivity contribution < 1.29 is 0 Å². The first-order chi connectivity index (χ1) is 4.18. The molecule has 0 bridgehead atoms. The van der Waals surface area contributed by atoms with Gasteiger partial charge in [0.25, 0.3) is 0 Å². The fourth-order valence-corrected chi connectivity index (χ4v) is 0. The van der Waals surface area contributed by atoms with Crippen molar-refractivity contribution in [1.82, 2.24) is 0 Å². The van der Waals surface area contributed by atoms with Crippen LogP contribution in [0.5, 0.6) is 0 Å². The molecule has 0 rings (SSSR count). The molecule has 0 aliphatic heterocycles. The summed E-state index contributed by atoms with van der Waals surface area (Å²) in [6.45, 7) is 15.6. The molecule has 0 saturated heterocycles. The van der Waals surface area contributed by atoms with E-state index < -0.39 is 0 Å². The molecule has 0 nitrogen and oxygen atoms in total. The van der Waals surface area contributed by atoms with Gasteiger partial charge in [0, 0.05) is 0 Å². The molecule has 0 aliphatic rings. The third-order valence-corrected chi connectivity index (χ3v) is 0.515. The second kappa shape index (κ2) is 10.0. The summed E-state index contributed by atoms with van der Waals surface area (Å²) in [6.07, 6.45) is 5.00. The summed E-state index contributed by atoms with van der Waals surface area (Å²) in [5, 5.41) is 0. The summed E-state index contributed by atoms with van der Waals surface area (Å²) in [4.78, 5) is 0. The van der Waals surface area contributed by atoms with Crippen LogP contribution in [-0.2, 0) is 0 Å². The Morgan fingerprint density at radius 2 is 1.33 bits per heavy atom. The van der Waals surface area contributed by atoms with E-state index in [9.17, 15) is 0 Å². The largest absolute Gasteiger partial charge is 0.0991 e. The van der Waals surface area contributed by atoms with Crippen molar-refractivity contribution in [3.05, 3.63) is 50.1 Å². The van der Waals surface area contributed by atoms with Gasteiger partial charge in [-0.15, -0.1) is 0 Å². The molecule has 0 atom stereocenters. The predicted molar refractivity (Wildman–Crippen MR) is 45.4 cm³/mol. The highest BCUT2D eigenvalue weighted by Crippen LogP contribution is 1.81. The van der Waals surface area contributed by atoms with Gasteiger partial charge >= 0.3 is 0 Å². The molecule has 0 amide bonds. The number of hydrogen-bond donors (Lipinski definition) is 0. The molecule has 0 spiro atoms. The minimum Gasteiger partial charge on any atom is -0.0991 e. The van der Waals surface area contributed by atoms with Crippen LogP contribution < -0.4 is 0 Å². The van der Waals surface area contributed by atoms with Gasteiger partial charge in [-0.3, -0.25) is 0 Å². The van der Waals surface area contributed by atoms with Gasteiger partial charge in [0.05, 0.1) is 0 Å². The predicted octanol–water partition coefficient (Wildman–Crippen LogP) is 3.11. The Morgan fingerprint density at radius 3 is 1.33 bits per heavy atom. The molecule has 0 saturated carbocycles. The molecule has 0 aromatic carbocycles. The second-order valence-corrected chi connectivity index (χ2v) is 1.52. The summed E-state index contributed by atoms with van der Waals surface area (Å²) in [5.41, 5.74) is 1.02. The SMILES string of the molecule is C=CC(=C)C.C=CC=C. The van der Waals surface area contributed by atoms with Crippen molar-refractivity contribution >= 4 is 0 Å². The molecule has 0 aromatic heterocycles. The van der Waals surface area contributed by atoms with Gasteiger partial charge in [0.2, 0.25) is 0 Å². The van der Waals surface area contributed by atoms with E-state index in [1.54, 1.807) is 18.2 Å². The lowest BCUT2D eigenvalue weighted by Crippen LogP contribution is -1.50. The highest BCUT2D eigenvalue weighted by Gasteiger charge is 1.59. The third kappa shape index (κ3) is 44.6. The van der Waals surface area contributed by atoms with Crippen LogP contribution in [0.1, 0.15) is 6.92 Å². The van der Waals surface area contributed by atoms with Gasteiger partial charge in [-0.2, -0.15) is 0 Å². The van der Waals surface area contributed by atoms with Gasteiger partial charge in [-0.1, -0.05) is 50.1 Å². The van der Waals surface area contributed by atoms with Crippen LogP contribution >= 0.6 is 0 Å². The molecule has 0 unspecified atom stereocenters. The lowest BCUT2D eigenvalue weighted by molar-refractivity contribution is 1.58. The Morgan fingerprint density at radius 1 is 1.11 bits per heavy atom. The summed E-state index contributed by atoms with van der Waals surface area (Å²) in [5.74, 6) is 0. The van der Waals surface area contributed by atoms with Crippen molar-refractivity contribution in [1.29, 1.82) is 0 Å². The number of rotatable bonds is 2. The zero-order valence-corrected chi connectivity index (χ0v) is 6.06. The molecule has 0 N–H and O–H groups in total. The minimum atomic E-state index is 1.02. The van der Waals surface area contributed by atoms with Gasteiger partial charge in [-0.25, -0.2) is 0 Å². The maximum absolute atomic E-state index is 3.56. The third-order valence-electron chi connectivity index (χ3n) is 0.515. The smallest absolute Gasteiger partial charge is 0.0404 e. The standard InChI is InChI=1S/C5H8.C4H6/c1-4-5(2)3;1-3-4-2/h4H,1-2H2,3H3;3-4H,1-2H2. The van der Waals surface area contributed by atoms with Crippen LogP contribution in [-0.4, -0.2) is 0 Å². The average Bonchev–Trinajstić information content (AvgIpc) is 1.89. The van der Waals surface area contributed by atoms with Crippen molar-refractivity contribution in [3.8, 4) is 0 Å². The van der Waals surface area contributed by atoms with E-state index in [0.717, 1.165) is 5.57 Å². The van der Waals surface area contributed by atoms with E-state index in [1.807, 2.05) is 6.92 Å². The van der Waals surface area contributed by atoms with Crippen LogP contribution in [0, 0.1) is 0 Å². The van der Waals surface area contributed by atoms with Gasteiger partial charge in [0.15, 0.2) is 0 Å². The van der Waals surface area contributed by atoms with Crippen molar-refractivity contribution in [2.24, 2.45) is 0 Å². The van der Waals surface area contributed by atoms with Gasteiger partial charge in [0.1, 0.15) is 0 Å². The van der Waals surface area contributed by atoms with Crippen molar-refractivity contribution in [3.63, 3.8) is 0 Å². The normalized spacial score (nSPS) is 5.89. The molecule has 50 valence electrons. The molecule has 0 fully saturated rings. The van der Waals surface area contributed by atoms with E-state index in [-0.39, 0.29) is 0 Å². The summed E-state index contributed by atoms with van der Waals surface area (Å²) >= 11 is 0. The van der Waals surface area contributed by atoms with Crippen LogP contribution in [0.25, 0.3) is 0 Å². The molecule has 0 aliphatic carbocycles. The quantitative estimate of drug-likeness (QED) is 0.494. The zero-order valence-electron chi connectivity index (χ0n) is 6.06. The van der Waals surface area contributed by atoms with Crippen LogP contribution in [0.3, 0.4) is 0 Å². The molecule has 0 heteroatoms. The van der Waals surface area contributed by atoms with E-state index >= 15 is 0 Å². The molecular weight excluding hydrogens is 108 g/mol. The maximum Gasteiger partial charge on any atom is -0.0404 e. The minimum absolute atomic E-state index is 1.02. The van der Waals surface area contributed by atoms with Crippen molar-refractivity contribution in [2.75, 3.05) is 0 Å². The Hall–Kier alpha value is -1.04. The Bertz CT molecular complexity index is 101. The molecule has 0 heterocycles. The van der Waals surface area contributed by atoms with E-state index in [2.05, 4.69) is 26.3 Å². The van der Waals surface area contributed by atoms with Crippen LogP contribution in [0.4, 0.5) is 0 Å². The number of allylic oxidation sites excluding steroid dienone is 4. The van der Waals surface area contributed by atoms with Crippen LogP contribution in [0.15, 0.2) is 50.1 Å². The first-order valence-electron chi connectivity index (χ1n) is 2.70. The maximum atomic E-state index is 3.56. The molecule has 0 radical (unpaired) electrons. The summed E-state index contributed by atoms with van der Waals surface area (Å²) in [6, 6.07) is 0. The second-order valence-electron chi connectivity index (χ2n) is 1.52. The summed E-state index contributed by atoms with van der Waals surface area (Å²) in [7, 11) is 0. The highest BCUT2D eigenvalue weighted by atomic mass is 13.7. The first kappa shape index (κ1) is 10.9.